The normalized spacial score (nSPS) is 16.8. The van der Waals surface area contributed by atoms with Gasteiger partial charge in [-0.05, 0) is 43.2 Å². The molecule has 1 aliphatic heterocycles. The highest BCUT2D eigenvalue weighted by molar-refractivity contribution is 7.89. The predicted molar refractivity (Wildman–Crippen MR) is 125 cm³/mol. The third kappa shape index (κ3) is 5.04. The average molecular weight is 532 g/mol. The van der Waals surface area contributed by atoms with Crippen LogP contribution in [0.15, 0.2) is 70.7 Å². The highest BCUT2D eigenvalue weighted by atomic mass is 32.2. The van der Waals surface area contributed by atoms with Crippen molar-refractivity contribution in [2.24, 2.45) is 0 Å². The summed E-state index contributed by atoms with van der Waals surface area (Å²) in [6.45, 7) is 0.164. The minimum absolute atomic E-state index is 0.00595. The Morgan fingerprint density at radius 2 is 1.95 bits per heavy atom. The molecule has 13 heteroatoms. The molecule has 0 bridgehead atoms. The summed E-state index contributed by atoms with van der Waals surface area (Å²) in [6, 6.07) is 7.51. The number of hydrogen-bond acceptors (Lipinski definition) is 7. The van der Waals surface area contributed by atoms with E-state index in [1.165, 1.54) is 30.7 Å². The second-order valence-electron chi connectivity index (χ2n) is 8.44. The van der Waals surface area contributed by atoms with Crippen molar-refractivity contribution in [2.45, 2.75) is 36.7 Å². The summed E-state index contributed by atoms with van der Waals surface area (Å²) in [6.07, 6.45) is 1.52. The molecule has 4 aromatic rings. The Bertz CT molecular complexity index is 1520. The minimum atomic E-state index is -4.48. The standard InChI is InChI=1S/C24H20F3N5O4S/c25-24(26,27)17-3-4-19(30-12-17)15-6-8-29-18(10-15)13-31-23(33)20-2-1-9-32(20)37(34,35)22-11-16-5-7-28-14-21(16)36-22/h3-8,10-12,14,20H,1-2,9,13H2,(H,31,33)/t20-/m0/s1. The van der Waals surface area contributed by atoms with Crippen LogP contribution in [0.1, 0.15) is 24.1 Å². The van der Waals surface area contributed by atoms with Crippen molar-refractivity contribution in [2.75, 3.05) is 6.54 Å². The van der Waals surface area contributed by atoms with Gasteiger partial charge in [0, 0.05) is 42.2 Å². The number of pyridine rings is 3. The van der Waals surface area contributed by atoms with Gasteiger partial charge in [0.1, 0.15) is 6.04 Å². The number of aromatic nitrogens is 3. The summed E-state index contributed by atoms with van der Waals surface area (Å²) < 4.78 is 71.4. The first kappa shape index (κ1) is 24.8. The number of fused-ring (bicyclic) bond motifs is 1. The van der Waals surface area contributed by atoms with E-state index in [0.717, 1.165) is 16.6 Å². The summed E-state index contributed by atoms with van der Waals surface area (Å²) in [4.78, 5) is 24.9. The molecular weight excluding hydrogens is 511 g/mol. The van der Waals surface area contributed by atoms with Crippen molar-refractivity contribution in [3.05, 3.63) is 72.4 Å². The number of carbonyl (C=O) groups excluding carboxylic acids is 1. The Balaban J connectivity index is 1.28. The number of amides is 1. The molecule has 1 fully saturated rings. The van der Waals surface area contributed by atoms with Crippen LogP contribution in [0.25, 0.3) is 22.2 Å². The monoisotopic (exact) mass is 531 g/mol. The van der Waals surface area contributed by atoms with Crippen molar-refractivity contribution >= 4 is 26.9 Å². The zero-order chi connectivity index (χ0) is 26.2. The smallest absolute Gasteiger partial charge is 0.417 e. The number of carbonyl (C=O) groups is 1. The van der Waals surface area contributed by atoms with E-state index < -0.39 is 33.7 Å². The largest absolute Gasteiger partial charge is 0.442 e. The summed E-state index contributed by atoms with van der Waals surface area (Å²) in [5.41, 5.74) is 0.752. The lowest BCUT2D eigenvalue weighted by molar-refractivity contribution is -0.137. The molecule has 1 aliphatic rings. The third-order valence-corrected chi connectivity index (χ3v) is 7.78. The Hall–Kier alpha value is -3.84. The molecule has 192 valence electrons. The average Bonchev–Trinajstić information content (AvgIpc) is 3.55. The van der Waals surface area contributed by atoms with Crippen LogP contribution in [0.5, 0.6) is 0 Å². The molecule has 0 saturated carbocycles. The quantitative estimate of drug-likeness (QED) is 0.402. The van der Waals surface area contributed by atoms with Crippen LogP contribution >= 0.6 is 0 Å². The van der Waals surface area contributed by atoms with Crippen molar-refractivity contribution in [1.29, 1.82) is 0 Å². The van der Waals surface area contributed by atoms with Crippen LogP contribution in [0.3, 0.4) is 0 Å². The Morgan fingerprint density at radius 3 is 2.68 bits per heavy atom. The van der Waals surface area contributed by atoms with Crippen LogP contribution in [0.4, 0.5) is 13.2 Å². The van der Waals surface area contributed by atoms with E-state index in [1.54, 1.807) is 18.2 Å². The zero-order valence-corrected chi connectivity index (χ0v) is 20.0. The van der Waals surface area contributed by atoms with Crippen molar-refractivity contribution in [3.63, 3.8) is 0 Å². The first-order chi connectivity index (χ1) is 17.6. The Morgan fingerprint density at radius 1 is 1.11 bits per heavy atom. The van der Waals surface area contributed by atoms with E-state index in [-0.39, 0.29) is 18.2 Å². The molecule has 4 aromatic heterocycles. The summed E-state index contributed by atoms with van der Waals surface area (Å²) in [5, 5.41) is 3.04. The zero-order valence-electron chi connectivity index (χ0n) is 19.1. The maximum atomic E-state index is 13.2. The van der Waals surface area contributed by atoms with Crippen LogP contribution < -0.4 is 5.32 Å². The van der Waals surface area contributed by atoms with E-state index in [0.29, 0.717) is 40.8 Å². The topological polar surface area (TPSA) is 118 Å². The summed E-state index contributed by atoms with van der Waals surface area (Å²) in [7, 11) is -4.06. The minimum Gasteiger partial charge on any atom is -0.442 e. The van der Waals surface area contributed by atoms with Gasteiger partial charge in [0.25, 0.3) is 10.0 Å². The molecule has 9 nitrogen and oxygen atoms in total. The first-order valence-corrected chi connectivity index (χ1v) is 12.7. The number of alkyl halides is 3. The molecule has 0 aliphatic carbocycles. The number of nitrogens with zero attached hydrogens (tertiary/aromatic N) is 4. The molecule has 5 rings (SSSR count). The van der Waals surface area contributed by atoms with Gasteiger partial charge >= 0.3 is 6.18 Å². The highest BCUT2D eigenvalue weighted by Crippen LogP contribution is 2.31. The van der Waals surface area contributed by atoms with Gasteiger partial charge in [-0.2, -0.15) is 17.5 Å². The van der Waals surface area contributed by atoms with Crippen LogP contribution in [0, 0.1) is 0 Å². The predicted octanol–water partition coefficient (Wildman–Crippen LogP) is 3.77. The lowest BCUT2D eigenvalue weighted by Crippen LogP contribution is -2.45. The van der Waals surface area contributed by atoms with Crippen LogP contribution in [0.2, 0.25) is 0 Å². The number of furan rings is 1. The lowest BCUT2D eigenvalue weighted by Gasteiger charge is -2.22. The summed E-state index contributed by atoms with van der Waals surface area (Å²) in [5.74, 6) is -0.487. The van der Waals surface area contributed by atoms with Gasteiger partial charge in [-0.25, -0.2) is 8.42 Å². The van der Waals surface area contributed by atoms with E-state index in [9.17, 15) is 26.4 Å². The van der Waals surface area contributed by atoms with Gasteiger partial charge in [0.2, 0.25) is 11.0 Å². The van der Waals surface area contributed by atoms with E-state index in [1.807, 2.05) is 0 Å². The van der Waals surface area contributed by atoms with Gasteiger partial charge in [0.05, 0.1) is 29.7 Å². The third-order valence-electron chi connectivity index (χ3n) is 6.02. The molecular formula is C24H20F3N5O4S. The van der Waals surface area contributed by atoms with Crippen molar-refractivity contribution in [3.8, 4) is 11.3 Å². The molecule has 1 saturated heterocycles. The first-order valence-electron chi connectivity index (χ1n) is 11.2. The SMILES string of the molecule is O=C(NCc1cc(-c2ccc(C(F)(F)F)cn2)ccn1)[C@@H]1CCCN1S(=O)(=O)c1cc2ccncc2o1. The molecule has 0 radical (unpaired) electrons. The fourth-order valence-corrected chi connectivity index (χ4v) is 5.76. The molecule has 5 heterocycles. The van der Waals surface area contributed by atoms with Gasteiger partial charge < -0.3 is 9.73 Å². The number of sulfonamides is 1. The fourth-order valence-electron chi connectivity index (χ4n) is 4.15. The highest BCUT2D eigenvalue weighted by Gasteiger charge is 2.41. The van der Waals surface area contributed by atoms with Gasteiger partial charge in [0.15, 0.2) is 5.58 Å². The Kier molecular flexibility index (Phi) is 6.42. The molecule has 37 heavy (non-hydrogen) atoms. The van der Waals surface area contributed by atoms with E-state index in [2.05, 4.69) is 20.3 Å². The van der Waals surface area contributed by atoms with Gasteiger partial charge in [-0.1, -0.05) is 0 Å². The van der Waals surface area contributed by atoms with Gasteiger partial charge in [-0.3, -0.25) is 19.7 Å². The fraction of sp³-hybridized carbons (Fsp3) is 0.250. The van der Waals surface area contributed by atoms with Crippen molar-refractivity contribution < 1.29 is 30.8 Å². The molecule has 1 N–H and O–H groups in total. The molecule has 1 atom stereocenters. The molecule has 1 amide bonds. The number of nitrogens with one attached hydrogen (secondary N) is 1. The summed E-state index contributed by atoms with van der Waals surface area (Å²) >= 11 is 0. The number of rotatable bonds is 6. The molecule has 0 aromatic carbocycles. The van der Waals surface area contributed by atoms with Crippen LogP contribution in [-0.2, 0) is 27.5 Å². The number of hydrogen-bond donors (Lipinski definition) is 1. The van der Waals surface area contributed by atoms with Crippen molar-refractivity contribution in [1.82, 2.24) is 24.6 Å². The maximum Gasteiger partial charge on any atom is 0.417 e. The van der Waals surface area contributed by atoms with Crippen LogP contribution in [-0.4, -0.2) is 46.2 Å². The second kappa shape index (κ2) is 9.56. The lowest BCUT2D eigenvalue weighted by atomic mass is 10.1. The van der Waals surface area contributed by atoms with E-state index in [4.69, 9.17) is 4.42 Å². The Labute approximate surface area is 209 Å². The molecule has 0 spiro atoms. The molecule has 0 unspecified atom stereocenters. The second-order valence-corrected chi connectivity index (χ2v) is 10.3. The maximum absolute atomic E-state index is 13.2. The van der Waals surface area contributed by atoms with E-state index >= 15 is 0 Å². The number of halogens is 3. The van der Waals surface area contributed by atoms with Gasteiger partial charge in [-0.15, -0.1) is 0 Å².